The van der Waals surface area contributed by atoms with E-state index in [2.05, 4.69) is 37.1 Å². The molecule has 1 aromatic heterocycles. The molecular weight excluding hydrogens is 236 g/mol. The second-order valence-electron chi connectivity index (χ2n) is 6.79. The predicted octanol–water partition coefficient (Wildman–Crippen LogP) is 3.21. The van der Waals surface area contributed by atoms with Crippen LogP contribution in [0.3, 0.4) is 0 Å². The summed E-state index contributed by atoms with van der Waals surface area (Å²) in [5.41, 5.74) is 1.66. The van der Waals surface area contributed by atoms with Gasteiger partial charge < -0.3 is 9.73 Å². The zero-order valence-corrected chi connectivity index (χ0v) is 12.5. The quantitative estimate of drug-likeness (QED) is 0.883. The molecule has 1 aliphatic carbocycles. The van der Waals surface area contributed by atoms with Crippen molar-refractivity contribution < 1.29 is 4.42 Å². The first-order valence-corrected chi connectivity index (χ1v) is 7.61. The van der Waals surface area contributed by atoms with Gasteiger partial charge >= 0.3 is 0 Å². The second-order valence-corrected chi connectivity index (χ2v) is 6.79. The van der Waals surface area contributed by atoms with Crippen LogP contribution in [0, 0.1) is 6.92 Å². The van der Waals surface area contributed by atoms with Gasteiger partial charge in [0.15, 0.2) is 0 Å². The van der Waals surface area contributed by atoms with Crippen molar-refractivity contribution in [2.75, 3.05) is 6.54 Å². The molecule has 106 valence electrons. The molecule has 19 heavy (non-hydrogen) atoms. The van der Waals surface area contributed by atoms with Crippen LogP contribution in [-0.4, -0.2) is 23.0 Å². The van der Waals surface area contributed by atoms with Gasteiger partial charge in [-0.25, -0.2) is 0 Å². The maximum atomic E-state index is 5.94. The van der Waals surface area contributed by atoms with Crippen LogP contribution in [0.2, 0.25) is 0 Å². The van der Waals surface area contributed by atoms with Crippen LogP contribution in [0.1, 0.15) is 56.6 Å². The average Bonchev–Trinajstić information content (AvgIpc) is 3.02. The zero-order chi connectivity index (χ0) is 13.5. The van der Waals surface area contributed by atoms with Gasteiger partial charge in [0.2, 0.25) is 0 Å². The number of furan rings is 1. The third kappa shape index (κ3) is 3.03. The van der Waals surface area contributed by atoms with Crippen LogP contribution in [0.25, 0.3) is 0 Å². The lowest BCUT2D eigenvalue weighted by atomic mass is 10.0. The number of hydrogen-bond acceptors (Lipinski definition) is 3. The fraction of sp³-hybridized carbons (Fsp3) is 0.750. The lowest BCUT2D eigenvalue weighted by molar-refractivity contribution is 0.154. The Morgan fingerprint density at radius 2 is 2.21 bits per heavy atom. The molecule has 2 fully saturated rings. The predicted molar refractivity (Wildman–Crippen MR) is 77.0 cm³/mol. The van der Waals surface area contributed by atoms with E-state index in [0.717, 1.165) is 30.7 Å². The molecule has 2 heterocycles. The van der Waals surface area contributed by atoms with Crippen LogP contribution >= 0.6 is 0 Å². The molecule has 1 aliphatic heterocycles. The highest BCUT2D eigenvalue weighted by atomic mass is 16.3. The maximum absolute atomic E-state index is 5.94. The molecule has 3 rings (SSSR count). The first-order chi connectivity index (χ1) is 9.04. The molecule has 0 aromatic carbocycles. The summed E-state index contributed by atoms with van der Waals surface area (Å²) < 4.78 is 5.94. The smallest absolute Gasteiger partial charge is 0.118 e. The molecule has 1 saturated carbocycles. The molecule has 3 heteroatoms. The first kappa shape index (κ1) is 13.2. The minimum Gasteiger partial charge on any atom is -0.465 e. The van der Waals surface area contributed by atoms with E-state index in [9.17, 15) is 0 Å². The van der Waals surface area contributed by atoms with Crippen LogP contribution in [0.5, 0.6) is 0 Å². The van der Waals surface area contributed by atoms with Gasteiger partial charge in [-0.3, -0.25) is 4.90 Å². The molecule has 0 spiro atoms. The van der Waals surface area contributed by atoms with Gasteiger partial charge in [-0.05, 0) is 59.1 Å². The molecule has 1 saturated heterocycles. The van der Waals surface area contributed by atoms with E-state index in [4.69, 9.17) is 4.42 Å². The highest BCUT2D eigenvalue weighted by molar-refractivity contribution is 5.21. The van der Waals surface area contributed by atoms with Crippen molar-refractivity contribution in [2.45, 2.75) is 71.1 Å². The fourth-order valence-corrected chi connectivity index (χ4v) is 3.03. The molecule has 2 aliphatic rings. The van der Waals surface area contributed by atoms with Gasteiger partial charge in [0.1, 0.15) is 11.5 Å². The summed E-state index contributed by atoms with van der Waals surface area (Å²) in [5, 5.41) is 3.56. The maximum Gasteiger partial charge on any atom is 0.118 e. The summed E-state index contributed by atoms with van der Waals surface area (Å²) in [6, 6.07) is 3.01. The Morgan fingerprint density at radius 3 is 2.84 bits per heavy atom. The Bertz CT molecular complexity index is 446. The largest absolute Gasteiger partial charge is 0.465 e. The molecule has 0 bridgehead atoms. The molecular formula is C16H26N2O. The third-order valence-corrected chi connectivity index (χ3v) is 4.65. The Hall–Kier alpha value is -0.800. The van der Waals surface area contributed by atoms with Crippen molar-refractivity contribution in [2.24, 2.45) is 0 Å². The van der Waals surface area contributed by atoms with Crippen molar-refractivity contribution in [1.82, 2.24) is 10.2 Å². The number of nitrogens with zero attached hydrogens (tertiary/aromatic N) is 1. The molecule has 0 unspecified atom stereocenters. The summed E-state index contributed by atoms with van der Waals surface area (Å²) in [5.74, 6) is 2.21. The summed E-state index contributed by atoms with van der Waals surface area (Å²) in [4.78, 5) is 2.55. The second kappa shape index (κ2) is 4.95. The fourth-order valence-electron chi connectivity index (χ4n) is 3.03. The van der Waals surface area contributed by atoms with Gasteiger partial charge in [-0.15, -0.1) is 0 Å². The molecule has 0 radical (unpaired) electrons. The lowest BCUT2D eigenvalue weighted by Crippen LogP contribution is -2.37. The Morgan fingerprint density at radius 1 is 1.42 bits per heavy atom. The lowest BCUT2D eigenvalue weighted by Gasteiger charge is -2.30. The van der Waals surface area contributed by atoms with Crippen LogP contribution in [0.15, 0.2) is 10.5 Å². The van der Waals surface area contributed by atoms with Crippen molar-refractivity contribution >= 4 is 0 Å². The summed E-state index contributed by atoms with van der Waals surface area (Å²) >= 11 is 0. The van der Waals surface area contributed by atoms with Crippen molar-refractivity contribution in [1.29, 1.82) is 0 Å². The van der Waals surface area contributed by atoms with Crippen molar-refractivity contribution in [3.05, 3.63) is 23.2 Å². The average molecular weight is 262 g/mol. The topological polar surface area (TPSA) is 28.4 Å². The van der Waals surface area contributed by atoms with E-state index >= 15 is 0 Å². The standard InChI is InChI=1S/C16H26N2O/c1-12-13(10-17-14-5-6-14)9-15(19-12)11-18-8-4-7-16(18,2)3/h9,14,17H,4-8,10-11H2,1-3H3. The van der Waals surface area contributed by atoms with Crippen molar-refractivity contribution in [3.8, 4) is 0 Å². The van der Waals surface area contributed by atoms with Crippen LogP contribution in [-0.2, 0) is 13.1 Å². The van der Waals surface area contributed by atoms with Crippen LogP contribution in [0.4, 0.5) is 0 Å². The van der Waals surface area contributed by atoms with E-state index in [0.29, 0.717) is 5.54 Å². The van der Waals surface area contributed by atoms with Gasteiger partial charge in [-0.1, -0.05) is 0 Å². The van der Waals surface area contributed by atoms with Gasteiger partial charge in [-0.2, -0.15) is 0 Å². The normalized spacial score (nSPS) is 23.1. The Balaban J connectivity index is 1.62. The molecule has 1 aromatic rings. The van der Waals surface area contributed by atoms with Gasteiger partial charge in [0.05, 0.1) is 6.54 Å². The monoisotopic (exact) mass is 262 g/mol. The highest BCUT2D eigenvalue weighted by Crippen LogP contribution is 2.30. The van der Waals surface area contributed by atoms with E-state index < -0.39 is 0 Å². The number of aryl methyl sites for hydroxylation is 1. The minimum absolute atomic E-state index is 0.327. The first-order valence-electron chi connectivity index (χ1n) is 7.61. The zero-order valence-electron chi connectivity index (χ0n) is 12.5. The minimum atomic E-state index is 0.327. The molecule has 1 N–H and O–H groups in total. The van der Waals surface area contributed by atoms with E-state index in [1.165, 1.54) is 37.8 Å². The van der Waals surface area contributed by atoms with E-state index in [1.54, 1.807) is 0 Å². The Labute approximate surface area is 116 Å². The number of nitrogens with one attached hydrogen (secondary N) is 1. The van der Waals surface area contributed by atoms with E-state index in [-0.39, 0.29) is 0 Å². The molecule has 0 atom stereocenters. The van der Waals surface area contributed by atoms with Gasteiger partial charge in [0, 0.05) is 23.7 Å². The summed E-state index contributed by atoms with van der Waals surface area (Å²) in [6.45, 7) is 9.88. The van der Waals surface area contributed by atoms with E-state index in [1.807, 2.05) is 0 Å². The molecule has 3 nitrogen and oxygen atoms in total. The van der Waals surface area contributed by atoms with Crippen molar-refractivity contribution in [3.63, 3.8) is 0 Å². The Kier molecular flexibility index (Phi) is 3.44. The van der Waals surface area contributed by atoms with Gasteiger partial charge in [0.25, 0.3) is 0 Å². The number of hydrogen-bond donors (Lipinski definition) is 1. The SMILES string of the molecule is Cc1oc(CN2CCCC2(C)C)cc1CNC1CC1. The number of likely N-dealkylation sites (tertiary alicyclic amines) is 1. The van der Waals surface area contributed by atoms with Crippen LogP contribution < -0.4 is 5.32 Å². The third-order valence-electron chi connectivity index (χ3n) is 4.65. The summed E-state index contributed by atoms with van der Waals surface area (Å²) in [7, 11) is 0. The number of rotatable bonds is 5. The highest BCUT2D eigenvalue weighted by Gasteiger charge is 2.32. The summed E-state index contributed by atoms with van der Waals surface area (Å²) in [6.07, 6.45) is 5.28. The molecule has 0 amide bonds.